The molecule has 108 valence electrons. The number of benzene rings is 2. The predicted molar refractivity (Wildman–Crippen MR) is 86.4 cm³/mol. The monoisotopic (exact) mass is 291 g/mol. The predicted octanol–water partition coefficient (Wildman–Crippen LogP) is 4.55. The molecule has 0 aromatic heterocycles. The van der Waals surface area contributed by atoms with E-state index in [1.165, 1.54) is 37.7 Å². The minimum Gasteiger partial charge on any atom is -0.508 e. The van der Waals surface area contributed by atoms with Crippen molar-refractivity contribution in [2.24, 2.45) is 11.7 Å². The molecule has 2 aromatic rings. The summed E-state index contributed by atoms with van der Waals surface area (Å²) in [5, 5.41) is 11.7. The Morgan fingerprint density at radius 3 is 2.35 bits per heavy atom. The molecule has 0 bridgehead atoms. The molecule has 0 radical (unpaired) electrons. The van der Waals surface area contributed by atoms with Crippen molar-refractivity contribution in [3.63, 3.8) is 0 Å². The normalized spacial score (nSPS) is 17.6. The number of aromatic hydroxyl groups is 1. The summed E-state index contributed by atoms with van der Waals surface area (Å²) < 4.78 is 0. The van der Waals surface area contributed by atoms with E-state index in [2.05, 4.69) is 18.2 Å². The van der Waals surface area contributed by atoms with Gasteiger partial charge in [0.2, 0.25) is 0 Å². The van der Waals surface area contributed by atoms with Crippen molar-refractivity contribution < 1.29 is 5.11 Å². The first-order valence-corrected chi connectivity index (χ1v) is 7.22. The topological polar surface area (TPSA) is 46.2 Å². The Hall–Kier alpha value is -1.25. The minimum absolute atomic E-state index is 0. The number of fused-ring (bicyclic) bond motifs is 1. The second-order valence-electron chi connectivity index (χ2n) is 5.71. The second kappa shape index (κ2) is 6.47. The third-order valence-electron chi connectivity index (χ3n) is 4.39. The van der Waals surface area contributed by atoms with Crippen LogP contribution in [0.2, 0.25) is 0 Å². The maximum atomic E-state index is 9.49. The molecule has 1 atom stereocenters. The summed E-state index contributed by atoms with van der Waals surface area (Å²) in [6.07, 6.45) is 6.52. The molecule has 0 saturated heterocycles. The standard InChI is InChI=1S/C17H21NO.ClH/c18-17(12-4-2-1-3-5-12)15-7-6-14-11-16(19)9-8-13(14)10-15;/h6-12,17,19H,1-5,18H2;1H/t17-;/m0./s1. The van der Waals surface area contributed by atoms with Crippen LogP contribution in [-0.2, 0) is 0 Å². The Morgan fingerprint density at radius 1 is 0.950 bits per heavy atom. The van der Waals surface area contributed by atoms with Gasteiger partial charge in [-0.15, -0.1) is 12.4 Å². The van der Waals surface area contributed by atoms with Gasteiger partial charge in [-0.25, -0.2) is 0 Å². The highest BCUT2D eigenvalue weighted by Gasteiger charge is 2.21. The molecular formula is C17H22ClNO. The number of hydrogen-bond donors (Lipinski definition) is 2. The van der Waals surface area contributed by atoms with Crippen LogP contribution in [0.15, 0.2) is 36.4 Å². The molecule has 2 nitrogen and oxygen atoms in total. The molecule has 1 fully saturated rings. The number of phenols is 1. The van der Waals surface area contributed by atoms with Crippen molar-refractivity contribution in [1.29, 1.82) is 0 Å². The number of halogens is 1. The van der Waals surface area contributed by atoms with Gasteiger partial charge in [0, 0.05) is 6.04 Å². The van der Waals surface area contributed by atoms with E-state index in [0.29, 0.717) is 11.7 Å². The Bertz CT molecular complexity index is 578. The summed E-state index contributed by atoms with van der Waals surface area (Å²) >= 11 is 0. The van der Waals surface area contributed by atoms with Gasteiger partial charge in [0.25, 0.3) is 0 Å². The molecule has 20 heavy (non-hydrogen) atoms. The SMILES string of the molecule is Cl.N[C@H](c1ccc2cc(O)ccc2c1)C1CCCCC1. The van der Waals surface area contributed by atoms with E-state index in [4.69, 9.17) is 5.73 Å². The van der Waals surface area contributed by atoms with Crippen LogP contribution < -0.4 is 5.73 Å². The molecule has 3 N–H and O–H groups in total. The molecule has 1 aliphatic carbocycles. The van der Waals surface area contributed by atoms with Crippen LogP contribution in [0.25, 0.3) is 10.8 Å². The summed E-state index contributed by atoms with van der Waals surface area (Å²) in [6, 6.07) is 12.0. The Morgan fingerprint density at radius 2 is 1.60 bits per heavy atom. The van der Waals surface area contributed by atoms with E-state index in [-0.39, 0.29) is 18.4 Å². The summed E-state index contributed by atoms with van der Waals surface area (Å²) in [5.41, 5.74) is 7.67. The molecule has 0 aliphatic heterocycles. The van der Waals surface area contributed by atoms with Gasteiger partial charge >= 0.3 is 0 Å². The number of hydrogen-bond acceptors (Lipinski definition) is 2. The molecule has 3 rings (SSSR count). The maximum Gasteiger partial charge on any atom is 0.116 e. The number of phenolic OH excluding ortho intramolecular Hbond substituents is 1. The maximum absolute atomic E-state index is 9.49. The van der Waals surface area contributed by atoms with Crippen molar-refractivity contribution >= 4 is 23.2 Å². The van der Waals surface area contributed by atoms with Crippen molar-refractivity contribution in [3.8, 4) is 5.75 Å². The molecule has 0 unspecified atom stereocenters. The van der Waals surface area contributed by atoms with Crippen LogP contribution in [0, 0.1) is 5.92 Å². The Labute approximate surface area is 126 Å². The summed E-state index contributed by atoms with van der Waals surface area (Å²) in [6.45, 7) is 0. The average Bonchev–Trinajstić information content (AvgIpc) is 2.47. The highest BCUT2D eigenvalue weighted by atomic mass is 35.5. The first kappa shape index (κ1) is 15.1. The average molecular weight is 292 g/mol. The fourth-order valence-corrected chi connectivity index (χ4v) is 3.22. The molecule has 0 heterocycles. The third kappa shape index (κ3) is 3.08. The highest BCUT2D eigenvalue weighted by molar-refractivity contribution is 5.85. The van der Waals surface area contributed by atoms with E-state index in [0.717, 1.165) is 10.8 Å². The van der Waals surface area contributed by atoms with Crippen LogP contribution in [0.5, 0.6) is 5.75 Å². The van der Waals surface area contributed by atoms with Crippen LogP contribution in [0.1, 0.15) is 43.7 Å². The quantitative estimate of drug-likeness (QED) is 0.853. The van der Waals surface area contributed by atoms with Crippen molar-refractivity contribution in [3.05, 3.63) is 42.0 Å². The van der Waals surface area contributed by atoms with Gasteiger partial charge in [0.15, 0.2) is 0 Å². The lowest BCUT2D eigenvalue weighted by Crippen LogP contribution is -2.23. The molecule has 0 amide bonds. The van der Waals surface area contributed by atoms with E-state index in [1.807, 2.05) is 6.07 Å². The fraction of sp³-hybridized carbons (Fsp3) is 0.412. The van der Waals surface area contributed by atoms with Gasteiger partial charge in [0.05, 0.1) is 0 Å². The van der Waals surface area contributed by atoms with Gasteiger partial charge in [-0.3, -0.25) is 0 Å². The van der Waals surface area contributed by atoms with Crippen LogP contribution >= 0.6 is 12.4 Å². The molecule has 1 saturated carbocycles. The van der Waals surface area contributed by atoms with Crippen molar-refractivity contribution in [2.45, 2.75) is 38.1 Å². The van der Waals surface area contributed by atoms with Gasteiger partial charge in [-0.2, -0.15) is 0 Å². The fourth-order valence-electron chi connectivity index (χ4n) is 3.22. The minimum atomic E-state index is 0. The second-order valence-corrected chi connectivity index (χ2v) is 5.71. The van der Waals surface area contributed by atoms with Crippen molar-refractivity contribution in [1.82, 2.24) is 0 Å². The zero-order valence-corrected chi connectivity index (χ0v) is 12.4. The third-order valence-corrected chi connectivity index (χ3v) is 4.39. The Balaban J connectivity index is 0.00000147. The molecule has 0 spiro atoms. The van der Waals surface area contributed by atoms with Gasteiger partial charge < -0.3 is 10.8 Å². The van der Waals surface area contributed by atoms with Gasteiger partial charge in [0.1, 0.15) is 5.75 Å². The highest BCUT2D eigenvalue weighted by Crippen LogP contribution is 2.34. The first-order valence-electron chi connectivity index (χ1n) is 7.22. The Kier molecular flexibility index (Phi) is 4.90. The number of nitrogens with two attached hydrogens (primary N) is 1. The van der Waals surface area contributed by atoms with E-state index >= 15 is 0 Å². The van der Waals surface area contributed by atoms with Gasteiger partial charge in [-0.05, 0) is 53.3 Å². The lowest BCUT2D eigenvalue weighted by molar-refractivity contribution is 0.308. The zero-order chi connectivity index (χ0) is 13.2. The largest absolute Gasteiger partial charge is 0.508 e. The lowest BCUT2D eigenvalue weighted by Gasteiger charge is -2.28. The van der Waals surface area contributed by atoms with Crippen molar-refractivity contribution in [2.75, 3.05) is 0 Å². The van der Waals surface area contributed by atoms with Crippen LogP contribution in [0.4, 0.5) is 0 Å². The smallest absolute Gasteiger partial charge is 0.116 e. The van der Waals surface area contributed by atoms with E-state index < -0.39 is 0 Å². The molecule has 1 aliphatic rings. The summed E-state index contributed by atoms with van der Waals surface area (Å²) in [4.78, 5) is 0. The number of rotatable bonds is 2. The molecule has 2 aromatic carbocycles. The summed E-state index contributed by atoms with van der Waals surface area (Å²) in [7, 11) is 0. The molecule has 3 heteroatoms. The molecular weight excluding hydrogens is 270 g/mol. The van der Waals surface area contributed by atoms with E-state index in [1.54, 1.807) is 12.1 Å². The van der Waals surface area contributed by atoms with E-state index in [9.17, 15) is 5.11 Å². The van der Waals surface area contributed by atoms with Crippen LogP contribution in [-0.4, -0.2) is 5.11 Å². The first-order chi connectivity index (χ1) is 9.24. The van der Waals surface area contributed by atoms with Gasteiger partial charge in [-0.1, -0.05) is 37.5 Å². The van der Waals surface area contributed by atoms with Crippen LogP contribution in [0.3, 0.4) is 0 Å². The summed E-state index contributed by atoms with van der Waals surface area (Å²) in [5.74, 6) is 0.945. The zero-order valence-electron chi connectivity index (χ0n) is 11.6. The lowest BCUT2D eigenvalue weighted by atomic mass is 9.81.